The van der Waals surface area contributed by atoms with Crippen LogP contribution in [-0.4, -0.2) is 67.5 Å². The van der Waals surface area contributed by atoms with E-state index in [0.717, 1.165) is 25.7 Å². The van der Waals surface area contributed by atoms with E-state index in [1.807, 2.05) is 0 Å². The van der Waals surface area contributed by atoms with E-state index in [9.17, 15) is 13.5 Å². The maximum absolute atomic E-state index is 12.5. The van der Waals surface area contributed by atoms with Crippen molar-refractivity contribution in [2.45, 2.75) is 37.8 Å². The fraction of sp³-hybridized carbons (Fsp3) is 1.00. The molecule has 2 rings (SSSR count). The first kappa shape index (κ1) is 14.2. The van der Waals surface area contributed by atoms with E-state index in [2.05, 4.69) is 5.32 Å². The lowest BCUT2D eigenvalue weighted by Gasteiger charge is -2.31. The molecule has 7 heteroatoms. The molecule has 0 aromatic rings. The molecule has 6 nitrogen and oxygen atoms in total. The number of nitrogens with one attached hydrogen (secondary N) is 1. The fourth-order valence-corrected chi connectivity index (χ4v) is 4.29. The average molecular weight is 277 g/mol. The molecule has 18 heavy (non-hydrogen) atoms. The molecule has 106 valence electrons. The van der Waals surface area contributed by atoms with Crippen molar-refractivity contribution in [2.75, 3.05) is 33.2 Å². The van der Waals surface area contributed by atoms with Crippen molar-refractivity contribution in [2.24, 2.45) is 0 Å². The van der Waals surface area contributed by atoms with Gasteiger partial charge in [-0.2, -0.15) is 17.0 Å². The van der Waals surface area contributed by atoms with E-state index in [1.165, 1.54) is 4.31 Å². The van der Waals surface area contributed by atoms with E-state index in [0.29, 0.717) is 26.2 Å². The summed E-state index contributed by atoms with van der Waals surface area (Å²) < 4.78 is 27.9. The molecular weight excluding hydrogens is 254 g/mol. The standard InChI is InChI=1S/C11H23N3O3S/c1-13(10-8-12-9-11(10)15)18(16,17)14-6-4-2-3-5-7-14/h10-12,15H,2-9H2,1H3/t10-,11-/m1/s1. The average Bonchev–Trinajstić information content (AvgIpc) is 2.61. The number of aliphatic hydroxyl groups is 1. The van der Waals surface area contributed by atoms with Gasteiger partial charge in [0.15, 0.2) is 0 Å². The molecule has 0 spiro atoms. The SMILES string of the molecule is CN([C@@H]1CNC[C@H]1O)S(=O)(=O)N1CCCCCC1. The Morgan fingerprint density at radius 3 is 2.28 bits per heavy atom. The smallest absolute Gasteiger partial charge is 0.282 e. The summed E-state index contributed by atoms with van der Waals surface area (Å²) in [5.74, 6) is 0. The van der Waals surface area contributed by atoms with Crippen LogP contribution in [0.4, 0.5) is 0 Å². The summed E-state index contributed by atoms with van der Waals surface area (Å²) in [6.45, 7) is 2.18. The molecule has 2 fully saturated rings. The summed E-state index contributed by atoms with van der Waals surface area (Å²) in [4.78, 5) is 0. The van der Waals surface area contributed by atoms with Gasteiger partial charge in [-0.3, -0.25) is 0 Å². The monoisotopic (exact) mass is 277 g/mol. The summed E-state index contributed by atoms with van der Waals surface area (Å²) in [5, 5.41) is 12.8. The largest absolute Gasteiger partial charge is 0.390 e. The van der Waals surface area contributed by atoms with Crippen LogP contribution in [0.15, 0.2) is 0 Å². The van der Waals surface area contributed by atoms with Gasteiger partial charge in [0, 0.05) is 33.2 Å². The second kappa shape index (κ2) is 5.83. The Hall–Kier alpha value is -0.210. The van der Waals surface area contributed by atoms with Crippen LogP contribution in [0.2, 0.25) is 0 Å². The molecule has 2 atom stereocenters. The Kier molecular flexibility index (Phi) is 4.60. The van der Waals surface area contributed by atoms with Crippen molar-refractivity contribution in [1.29, 1.82) is 0 Å². The van der Waals surface area contributed by atoms with Crippen molar-refractivity contribution in [3.8, 4) is 0 Å². The first-order valence-corrected chi connectivity index (χ1v) is 8.05. The molecule has 2 saturated heterocycles. The summed E-state index contributed by atoms with van der Waals surface area (Å²) in [6.07, 6.45) is 3.45. The van der Waals surface area contributed by atoms with E-state index in [4.69, 9.17) is 0 Å². The highest BCUT2D eigenvalue weighted by Crippen LogP contribution is 2.19. The minimum absolute atomic E-state index is 0.349. The van der Waals surface area contributed by atoms with Crippen LogP contribution in [0.1, 0.15) is 25.7 Å². The zero-order valence-electron chi connectivity index (χ0n) is 10.9. The van der Waals surface area contributed by atoms with Gasteiger partial charge < -0.3 is 10.4 Å². The number of hydrogen-bond donors (Lipinski definition) is 2. The normalized spacial score (nSPS) is 31.7. The lowest BCUT2D eigenvalue weighted by Crippen LogP contribution is -2.50. The van der Waals surface area contributed by atoms with Crippen LogP contribution in [0, 0.1) is 0 Å². The minimum atomic E-state index is -3.44. The van der Waals surface area contributed by atoms with Crippen LogP contribution >= 0.6 is 0 Å². The zero-order chi connectivity index (χ0) is 13.2. The van der Waals surface area contributed by atoms with Crippen LogP contribution in [0.25, 0.3) is 0 Å². The summed E-state index contributed by atoms with van der Waals surface area (Å²) in [7, 11) is -1.86. The third-order valence-corrected chi connectivity index (χ3v) is 5.89. The number of hydrogen-bond acceptors (Lipinski definition) is 4. The predicted molar refractivity (Wildman–Crippen MR) is 69.4 cm³/mol. The Balaban J connectivity index is 2.08. The van der Waals surface area contributed by atoms with Gasteiger partial charge >= 0.3 is 0 Å². The molecule has 0 unspecified atom stereocenters. The van der Waals surface area contributed by atoms with Gasteiger partial charge in [0.05, 0.1) is 12.1 Å². The van der Waals surface area contributed by atoms with Crippen molar-refractivity contribution in [3.63, 3.8) is 0 Å². The number of aliphatic hydroxyl groups excluding tert-OH is 1. The molecule has 0 aromatic carbocycles. The first-order chi connectivity index (χ1) is 8.53. The molecular formula is C11H23N3O3S. The van der Waals surface area contributed by atoms with Crippen molar-refractivity contribution < 1.29 is 13.5 Å². The third kappa shape index (κ3) is 2.85. The second-order valence-electron chi connectivity index (χ2n) is 5.13. The highest BCUT2D eigenvalue weighted by Gasteiger charge is 2.37. The molecule has 2 N–H and O–H groups in total. The van der Waals surface area contributed by atoms with Crippen LogP contribution < -0.4 is 5.32 Å². The van der Waals surface area contributed by atoms with Gasteiger partial charge in [0.1, 0.15) is 0 Å². The highest BCUT2D eigenvalue weighted by molar-refractivity contribution is 7.86. The third-order valence-electron chi connectivity index (χ3n) is 3.87. The van der Waals surface area contributed by atoms with Crippen molar-refractivity contribution in [3.05, 3.63) is 0 Å². The van der Waals surface area contributed by atoms with Crippen LogP contribution in [0.5, 0.6) is 0 Å². The number of likely N-dealkylation sites (N-methyl/N-ethyl adjacent to an activating group) is 1. The molecule has 0 radical (unpaired) electrons. The van der Waals surface area contributed by atoms with Crippen LogP contribution in [0.3, 0.4) is 0 Å². The fourth-order valence-electron chi connectivity index (χ4n) is 2.65. The Labute approximate surface area is 109 Å². The summed E-state index contributed by atoms with van der Waals surface area (Å²) in [6, 6.07) is -0.349. The highest BCUT2D eigenvalue weighted by atomic mass is 32.2. The van der Waals surface area contributed by atoms with Crippen molar-refractivity contribution in [1.82, 2.24) is 13.9 Å². The minimum Gasteiger partial charge on any atom is -0.390 e. The van der Waals surface area contributed by atoms with Crippen LogP contribution in [-0.2, 0) is 10.2 Å². The predicted octanol–water partition coefficient (Wildman–Crippen LogP) is -0.628. The maximum Gasteiger partial charge on any atom is 0.282 e. The number of nitrogens with zero attached hydrogens (tertiary/aromatic N) is 2. The van der Waals surface area contributed by atoms with Gasteiger partial charge in [-0.1, -0.05) is 12.8 Å². The van der Waals surface area contributed by atoms with E-state index < -0.39 is 16.3 Å². The lowest BCUT2D eigenvalue weighted by atomic mass is 10.2. The Morgan fingerprint density at radius 2 is 1.78 bits per heavy atom. The zero-order valence-corrected chi connectivity index (χ0v) is 11.7. The molecule has 0 amide bonds. The molecule has 2 aliphatic heterocycles. The number of β-amino-alcohol motifs (C(OH)–C–C–N with tert-alkyl or cyclic N) is 1. The lowest BCUT2D eigenvalue weighted by molar-refractivity contribution is 0.133. The van der Waals surface area contributed by atoms with Gasteiger partial charge in [-0.15, -0.1) is 0 Å². The van der Waals surface area contributed by atoms with E-state index in [1.54, 1.807) is 11.4 Å². The van der Waals surface area contributed by atoms with Gasteiger partial charge in [0.2, 0.25) is 0 Å². The molecule has 0 bridgehead atoms. The van der Waals surface area contributed by atoms with Gasteiger partial charge in [-0.25, -0.2) is 0 Å². The quantitative estimate of drug-likeness (QED) is 0.720. The van der Waals surface area contributed by atoms with Crippen molar-refractivity contribution >= 4 is 10.2 Å². The number of rotatable bonds is 3. The molecule has 0 aromatic heterocycles. The van der Waals surface area contributed by atoms with Gasteiger partial charge in [-0.05, 0) is 12.8 Å². The topological polar surface area (TPSA) is 72.9 Å². The summed E-state index contributed by atoms with van der Waals surface area (Å²) >= 11 is 0. The first-order valence-electron chi connectivity index (χ1n) is 6.65. The Bertz CT molecular complexity index is 366. The maximum atomic E-state index is 12.5. The van der Waals surface area contributed by atoms with Gasteiger partial charge in [0.25, 0.3) is 10.2 Å². The molecule has 0 aliphatic carbocycles. The Morgan fingerprint density at radius 1 is 1.17 bits per heavy atom. The van der Waals surface area contributed by atoms with E-state index >= 15 is 0 Å². The second-order valence-corrected chi connectivity index (χ2v) is 7.12. The summed E-state index contributed by atoms with van der Waals surface area (Å²) in [5.41, 5.74) is 0. The molecule has 2 heterocycles. The molecule has 0 saturated carbocycles. The van der Waals surface area contributed by atoms with E-state index in [-0.39, 0.29) is 6.04 Å². The molecule has 2 aliphatic rings.